The summed E-state index contributed by atoms with van der Waals surface area (Å²) in [5.74, 6) is 3.17. The summed E-state index contributed by atoms with van der Waals surface area (Å²) in [6.07, 6.45) is 17.3. The number of rotatable bonds is 4. The van der Waals surface area contributed by atoms with Crippen LogP contribution in [0.5, 0.6) is 0 Å². The fraction of sp³-hybridized carbons (Fsp3) is 0.727. The molecule has 1 heteroatoms. The van der Waals surface area contributed by atoms with E-state index in [-0.39, 0.29) is 5.60 Å². The molecule has 3 rings (SSSR count). The van der Waals surface area contributed by atoms with Gasteiger partial charge in [-0.1, -0.05) is 44.9 Å². The number of allylic oxidation sites excluding steroid dienone is 5. The Morgan fingerprint density at radius 3 is 2.70 bits per heavy atom. The molecular formula is C22H34O. The van der Waals surface area contributed by atoms with Crippen molar-refractivity contribution in [2.75, 3.05) is 0 Å². The van der Waals surface area contributed by atoms with Gasteiger partial charge in [-0.3, -0.25) is 0 Å². The van der Waals surface area contributed by atoms with Gasteiger partial charge in [-0.05, 0) is 69.4 Å². The maximum atomic E-state index is 6.64. The van der Waals surface area contributed by atoms with E-state index < -0.39 is 0 Å². The third kappa shape index (κ3) is 3.16. The van der Waals surface area contributed by atoms with Gasteiger partial charge in [0.25, 0.3) is 0 Å². The van der Waals surface area contributed by atoms with Crippen molar-refractivity contribution in [2.24, 2.45) is 17.8 Å². The summed E-state index contributed by atoms with van der Waals surface area (Å²) in [6.45, 7) is 9.47. The Balaban J connectivity index is 1.91. The van der Waals surface area contributed by atoms with E-state index in [1.807, 2.05) is 0 Å². The second-order valence-electron chi connectivity index (χ2n) is 8.14. The summed E-state index contributed by atoms with van der Waals surface area (Å²) in [6, 6.07) is 0. The van der Waals surface area contributed by atoms with Gasteiger partial charge in [0, 0.05) is 11.8 Å². The molecule has 1 saturated heterocycles. The lowest BCUT2D eigenvalue weighted by atomic mass is 9.68. The van der Waals surface area contributed by atoms with Crippen molar-refractivity contribution in [3.05, 3.63) is 35.1 Å². The zero-order valence-electron chi connectivity index (χ0n) is 15.5. The molecule has 1 saturated carbocycles. The molecule has 0 aromatic heterocycles. The highest BCUT2D eigenvalue weighted by Crippen LogP contribution is 2.53. The smallest absolute Gasteiger partial charge is 0.119 e. The molecule has 1 spiro atoms. The van der Waals surface area contributed by atoms with Gasteiger partial charge in [0.2, 0.25) is 0 Å². The molecule has 0 radical (unpaired) electrons. The van der Waals surface area contributed by atoms with Gasteiger partial charge in [-0.25, -0.2) is 0 Å². The van der Waals surface area contributed by atoms with Crippen LogP contribution in [-0.2, 0) is 4.74 Å². The first kappa shape index (κ1) is 16.9. The second-order valence-corrected chi connectivity index (χ2v) is 8.14. The van der Waals surface area contributed by atoms with Crippen LogP contribution in [0.4, 0.5) is 0 Å². The van der Waals surface area contributed by atoms with E-state index in [2.05, 4.69) is 45.9 Å². The quantitative estimate of drug-likeness (QED) is 0.533. The third-order valence-corrected chi connectivity index (χ3v) is 6.60. The van der Waals surface area contributed by atoms with Crippen molar-refractivity contribution < 1.29 is 4.74 Å². The molecule has 23 heavy (non-hydrogen) atoms. The van der Waals surface area contributed by atoms with Crippen LogP contribution >= 0.6 is 0 Å². The zero-order chi connectivity index (χ0) is 16.4. The molecular weight excluding hydrogens is 280 g/mol. The van der Waals surface area contributed by atoms with Crippen molar-refractivity contribution >= 4 is 0 Å². The SMILES string of the molecule is CC[C@@H](C)C/C=C(\C)[C@@H]1C2=CCCC=C2OC2(CCCC2)C1C. The van der Waals surface area contributed by atoms with E-state index in [4.69, 9.17) is 4.74 Å². The lowest BCUT2D eigenvalue weighted by molar-refractivity contribution is -0.0668. The number of hydrogen-bond acceptors (Lipinski definition) is 1. The molecule has 1 nitrogen and oxygen atoms in total. The molecule has 0 aromatic rings. The first-order valence-electron chi connectivity index (χ1n) is 9.83. The Kier molecular flexibility index (Phi) is 5.04. The van der Waals surface area contributed by atoms with E-state index in [0.29, 0.717) is 11.8 Å². The average Bonchev–Trinajstić information content (AvgIpc) is 3.03. The van der Waals surface area contributed by atoms with Gasteiger partial charge >= 0.3 is 0 Å². The first-order valence-corrected chi connectivity index (χ1v) is 9.83. The van der Waals surface area contributed by atoms with Crippen LogP contribution in [0, 0.1) is 17.8 Å². The van der Waals surface area contributed by atoms with Crippen LogP contribution < -0.4 is 0 Å². The summed E-state index contributed by atoms with van der Waals surface area (Å²) in [4.78, 5) is 0. The molecule has 0 aromatic carbocycles. The summed E-state index contributed by atoms with van der Waals surface area (Å²) >= 11 is 0. The first-order chi connectivity index (χ1) is 11.1. The second kappa shape index (κ2) is 6.87. The average molecular weight is 315 g/mol. The minimum absolute atomic E-state index is 0.108. The molecule has 1 unspecified atom stereocenters. The monoisotopic (exact) mass is 314 g/mol. The normalized spacial score (nSPS) is 31.2. The lowest BCUT2D eigenvalue weighted by Gasteiger charge is -2.48. The molecule has 0 N–H and O–H groups in total. The van der Waals surface area contributed by atoms with Gasteiger partial charge in [0.05, 0.1) is 0 Å². The van der Waals surface area contributed by atoms with E-state index in [1.165, 1.54) is 56.3 Å². The molecule has 0 amide bonds. The topological polar surface area (TPSA) is 9.23 Å². The number of hydrogen-bond donors (Lipinski definition) is 0. The third-order valence-electron chi connectivity index (χ3n) is 6.60. The summed E-state index contributed by atoms with van der Waals surface area (Å²) in [5.41, 5.74) is 3.17. The van der Waals surface area contributed by atoms with Gasteiger partial charge in [0.1, 0.15) is 11.4 Å². The van der Waals surface area contributed by atoms with Crippen LogP contribution in [-0.4, -0.2) is 5.60 Å². The van der Waals surface area contributed by atoms with E-state index >= 15 is 0 Å². The molecule has 1 aliphatic heterocycles. The van der Waals surface area contributed by atoms with Gasteiger partial charge in [-0.15, -0.1) is 0 Å². The fourth-order valence-electron chi connectivity index (χ4n) is 4.79. The molecule has 1 heterocycles. The standard InChI is InChI=1S/C22H34O/c1-5-16(2)12-13-17(3)21-18(4)22(14-8-9-15-22)23-20-11-7-6-10-19(20)21/h10-11,13,16,18,21H,5-9,12,14-15H2,1-4H3/b17-13+/t16-,18?,21+/m1/s1. The number of fused-ring (bicyclic) bond motifs is 1. The predicted molar refractivity (Wildman–Crippen MR) is 98.2 cm³/mol. The largest absolute Gasteiger partial charge is 0.487 e. The molecule has 128 valence electrons. The highest BCUT2D eigenvalue weighted by atomic mass is 16.5. The maximum Gasteiger partial charge on any atom is 0.119 e. The van der Waals surface area contributed by atoms with E-state index in [1.54, 1.807) is 5.57 Å². The summed E-state index contributed by atoms with van der Waals surface area (Å²) in [5, 5.41) is 0. The molecule has 2 aliphatic carbocycles. The van der Waals surface area contributed by atoms with Gasteiger partial charge < -0.3 is 4.74 Å². The molecule has 3 aliphatic rings. The molecule has 3 atom stereocenters. The Morgan fingerprint density at radius 1 is 1.30 bits per heavy atom. The Hall–Kier alpha value is -0.980. The van der Waals surface area contributed by atoms with Crippen molar-refractivity contribution in [3.8, 4) is 0 Å². The van der Waals surface area contributed by atoms with Crippen molar-refractivity contribution in [2.45, 2.75) is 84.7 Å². The van der Waals surface area contributed by atoms with Crippen molar-refractivity contribution in [1.29, 1.82) is 0 Å². The van der Waals surface area contributed by atoms with Crippen LogP contribution in [0.1, 0.15) is 79.1 Å². The summed E-state index contributed by atoms with van der Waals surface area (Å²) < 4.78 is 6.64. The van der Waals surface area contributed by atoms with Crippen LogP contribution in [0.15, 0.2) is 35.1 Å². The van der Waals surface area contributed by atoms with Crippen LogP contribution in [0.3, 0.4) is 0 Å². The maximum absolute atomic E-state index is 6.64. The lowest BCUT2D eigenvalue weighted by Crippen LogP contribution is -2.46. The van der Waals surface area contributed by atoms with E-state index in [0.717, 1.165) is 12.3 Å². The minimum Gasteiger partial charge on any atom is -0.487 e. The highest BCUT2D eigenvalue weighted by Gasteiger charge is 2.50. The van der Waals surface area contributed by atoms with Crippen LogP contribution in [0.2, 0.25) is 0 Å². The predicted octanol–water partition coefficient (Wildman–Crippen LogP) is 6.57. The number of ether oxygens (including phenoxy) is 1. The minimum atomic E-state index is 0.108. The Labute approximate surface area is 142 Å². The molecule has 0 bridgehead atoms. The van der Waals surface area contributed by atoms with Crippen molar-refractivity contribution in [3.63, 3.8) is 0 Å². The summed E-state index contributed by atoms with van der Waals surface area (Å²) in [7, 11) is 0. The highest BCUT2D eigenvalue weighted by molar-refractivity contribution is 5.40. The van der Waals surface area contributed by atoms with Gasteiger partial charge in [0.15, 0.2) is 0 Å². The van der Waals surface area contributed by atoms with Crippen LogP contribution in [0.25, 0.3) is 0 Å². The van der Waals surface area contributed by atoms with Crippen molar-refractivity contribution in [1.82, 2.24) is 0 Å². The fourth-order valence-corrected chi connectivity index (χ4v) is 4.79. The Bertz CT molecular complexity index is 516. The zero-order valence-corrected chi connectivity index (χ0v) is 15.5. The molecule has 2 fully saturated rings. The van der Waals surface area contributed by atoms with E-state index in [9.17, 15) is 0 Å². The van der Waals surface area contributed by atoms with Gasteiger partial charge in [-0.2, -0.15) is 0 Å². The Morgan fingerprint density at radius 2 is 2.00 bits per heavy atom.